The van der Waals surface area contributed by atoms with Crippen molar-refractivity contribution in [2.24, 2.45) is 23.7 Å². The van der Waals surface area contributed by atoms with Crippen molar-refractivity contribution in [3.05, 3.63) is 58.1 Å². The lowest BCUT2D eigenvalue weighted by Crippen LogP contribution is -2.45. The molecule has 2 bridgehead atoms. The maximum atomic E-state index is 13.3. The second kappa shape index (κ2) is 13.7. The minimum Gasteiger partial charge on any atom is -0.491 e. The Hall–Kier alpha value is -2.09. The number of carbonyl (C=O) groups is 1. The first kappa shape index (κ1) is 31.3. The van der Waals surface area contributed by atoms with Gasteiger partial charge in [0.25, 0.3) is 5.91 Å². The maximum Gasteiger partial charge on any atom is 0.263 e. The van der Waals surface area contributed by atoms with Crippen molar-refractivity contribution < 1.29 is 18.8 Å². The molecule has 7 unspecified atom stereocenters. The first-order valence-electron chi connectivity index (χ1n) is 15.9. The molecule has 2 aromatic rings. The molecule has 1 fully saturated rings. The van der Waals surface area contributed by atoms with Crippen molar-refractivity contribution >= 4 is 34.2 Å². The van der Waals surface area contributed by atoms with E-state index < -0.39 is 11.0 Å². The Morgan fingerprint density at radius 2 is 1.93 bits per heavy atom. The van der Waals surface area contributed by atoms with Gasteiger partial charge in [0, 0.05) is 29.6 Å². The van der Waals surface area contributed by atoms with Gasteiger partial charge >= 0.3 is 0 Å². The number of anilines is 1. The van der Waals surface area contributed by atoms with Crippen LogP contribution in [0.3, 0.4) is 0 Å². The van der Waals surface area contributed by atoms with Gasteiger partial charge in [0.15, 0.2) is 0 Å². The number of rotatable bonds is 4. The lowest BCUT2D eigenvalue weighted by molar-refractivity contribution is 0.0115. The molecule has 0 saturated heterocycles. The molecule has 2 heterocycles. The molecule has 42 heavy (non-hydrogen) atoms. The lowest BCUT2D eigenvalue weighted by atomic mass is 9.64. The zero-order valence-corrected chi connectivity index (χ0v) is 27.1. The van der Waals surface area contributed by atoms with Gasteiger partial charge in [-0.15, -0.1) is 0 Å². The van der Waals surface area contributed by atoms with Crippen molar-refractivity contribution in [1.82, 2.24) is 4.72 Å². The third-order valence-electron chi connectivity index (χ3n) is 10.1. The van der Waals surface area contributed by atoms with Crippen LogP contribution in [-0.2, 0) is 17.4 Å². The fourth-order valence-electron chi connectivity index (χ4n) is 7.30. The number of carbonyl (C=O) groups excluding carboxylic acids is 1. The van der Waals surface area contributed by atoms with Gasteiger partial charge in [-0.3, -0.25) is 9.52 Å². The summed E-state index contributed by atoms with van der Waals surface area (Å²) in [6, 6.07) is 11.8. The fourth-order valence-corrected chi connectivity index (χ4v) is 8.54. The molecule has 6 nitrogen and oxygen atoms in total. The largest absolute Gasteiger partial charge is 0.491 e. The van der Waals surface area contributed by atoms with Gasteiger partial charge in [-0.2, -0.15) is 0 Å². The number of benzene rings is 2. The second-order valence-corrected chi connectivity index (χ2v) is 14.9. The number of ether oxygens (including phenoxy) is 1. The Morgan fingerprint density at radius 1 is 1.12 bits per heavy atom. The predicted molar refractivity (Wildman–Crippen MR) is 172 cm³/mol. The van der Waals surface area contributed by atoms with Crippen molar-refractivity contribution in [3.8, 4) is 5.75 Å². The molecule has 2 N–H and O–H groups in total. The highest BCUT2D eigenvalue weighted by molar-refractivity contribution is 7.84. The number of aliphatic hydroxyl groups excluding tert-OH is 1. The van der Waals surface area contributed by atoms with Crippen LogP contribution in [0.5, 0.6) is 5.75 Å². The summed E-state index contributed by atoms with van der Waals surface area (Å²) in [4.78, 5) is 15.7. The van der Waals surface area contributed by atoms with E-state index in [0.717, 1.165) is 74.5 Å². The van der Waals surface area contributed by atoms with E-state index in [-0.39, 0.29) is 35.0 Å². The van der Waals surface area contributed by atoms with Crippen LogP contribution in [-0.4, -0.2) is 46.3 Å². The molecule has 3 aliphatic rings. The van der Waals surface area contributed by atoms with Gasteiger partial charge in [0.2, 0.25) is 0 Å². The summed E-state index contributed by atoms with van der Waals surface area (Å²) in [6.45, 7) is 10.4. The molecule has 1 amide bonds. The Balaban J connectivity index is 1.53. The number of nitrogens with zero attached hydrogens (tertiary/aromatic N) is 1. The Bertz CT molecular complexity index is 1290. The topological polar surface area (TPSA) is 78.9 Å². The second-order valence-electron chi connectivity index (χ2n) is 12.9. The molecule has 8 atom stereocenters. The average Bonchev–Trinajstić information content (AvgIpc) is 3.12. The third-order valence-corrected chi connectivity index (χ3v) is 11.9. The number of amides is 1. The summed E-state index contributed by atoms with van der Waals surface area (Å²) in [5.41, 5.74) is 3.94. The number of nitrogens with one attached hydrogen (secondary N) is 1. The number of aliphatic hydroxyl groups is 1. The SMILES string of the molecule is CCCc1cc(Cl)ccc1C1COc2ccc3cc2N(C1)CC1CCC1C([C@@H](C)O)CCCC(C)C(C)S(=O)NC3=O. The fraction of sp³-hybridized carbons (Fsp3) is 0.618. The smallest absolute Gasteiger partial charge is 0.263 e. The monoisotopic (exact) mass is 614 g/mol. The van der Waals surface area contributed by atoms with Crippen LogP contribution in [0, 0.1) is 23.7 Å². The molecule has 1 saturated carbocycles. The van der Waals surface area contributed by atoms with Gasteiger partial charge in [0.1, 0.15) is 16.7 Å². The van der Waals surface area contributed by atoms with Crippen molar-refractivity contribution in [2.75, 3.05) is 24.6 Å². The zero-order valence-electron chi connectivity index (χ0n) is 25.5. The van der Waals surface area contributed by atoms with E-state index >= 15 is 0 Å². The molecule has 1 aliphatic carbocycles. The summed E-state index contributed by atoms with van der Waals surface area (Å²) in [5, 5.41) is 11.5. The average molecular weight is 615 g/mol. The van der Waals surface area contributed by atoms with Crippen molar-refractivity contribution in [2.45, 2.75) is 89.9 Å². The third kappa shape index (κ3) is 6.84. The number of hydrogen-bond donors (Lipinski definition) is 2. The highest BCUT2D eigenvalue weighted by atomic mass is 35.5. The maximum absolute atomic E-state index is 13.3. The quantitative estimate of drug-likeness (QED) is 0.392. The van der Waals surface area contributed by atoms with E-state index in [4.69, 9.17) is 16.3 Å². The molecule has 0 aromatic heterocycles. The Morgan fingerprint density at radius 3 is 2.64 bits per heavy atom. The van der Waals surface area contributed by atoms with Crippen LogP contribution in [0.25, 0.3) is 0 Å². The van der Waals surface area contributed by atoms with E-state index in [2.05, 4.69) is 35.6 Å². The summed E-state index contributed by atoms with van der Waals surface area (Å²) < 4.78 is 22.4. The first-order chi connectivity index (χ1) is 20.2. The number of aryl methyl sites for hydroxylation is 1. The predicted octanol–water partition coefficient (Wildman–Crippen LogP) is 6.90. The first-order valence-corrected chi connectivity index (χ1v) is 17.4. The summed E-state index contributed by atoms with van der Waals surface area (Å²) in [6.07, 6.45) is 6.78. The van der Waals surface area contributed by atoms with E-state index in [9.17, 15) is 14.1 Å². The van der Waals surface area contributed by atoms with E-state index in [1.807, 2.05) is 32.0 Å². The summed E-state index contributed by atoms with van der Waals surface area (Å²) in [5.74, 6) is 1.97. The summed E-state index contributed by atoms with van der Waals surface area (Å²) in [7, 11) is -1.49. The standard InChI is InChI=1S/C34H47ClN2O4S/c1-5-7-24-16-28(35)12-14-30(24)27-19-37-18-26-10-13-31(26)29(22(3)38)9-6-8-21(2)23(4)42(40)36-34(39)25-11-15-33(41-20-27)32(37)17-25/h11-12,14-17,21-23,26-27,29,31,38H,5-10,13,18-20H2,1-4H3,(H,36,39)/t21?,22-,23?,26?,27?,29?,31?,42?/m1/s1. The van der Waals surface area contributed by atoms with E-state index in [1.165, 1.54) is 11.1 Å². The molecule has 2 aliphatic heterocycles. The van der Waals surface area contributed by atoms with Crippen LogP contribution in [0.2, 0.25) is 5.02 Å². The number of hydrogen-bond acceptors (Lipinski definition) is 5. The number of halogens is 1. The summed E-state index contributed by atoms with van der Waals surface area (Å²) >= 11 is 6.41. The lowest BCUT2D eigenvalue weighted by Gasteiger charge is -2.46. The van der Waals surface area contributed by atoms with Gasteiger partial charge in [0.05, 0.1) is 23.6 Å². The molecule has 0 radical (unpaired) electrons. The Kier molecular flexibility index (Phi) is 10.2. The molecule has 2 aromatic carbocycles. The van der Waals surface area contributed by atoms with Gasteiger partial charge in [-0.25, -0.2) is 4.21 Å². The van der Waals surface area contributed by atoms with E-state index in [0.29, 0.717) is 24.0 Å². The molecule has 0 spiro atoms. The minimum atomic E-state index is -1.49. The van der Waals surface area contributed by atoms with Gasteiger partial charge in [-0.1, -0.05) is 44.4 Å². The minimum absolute atomic E-state index is 0.139. The molecular weight excluding hydrogens is 568 g/mol. The number of fused-ring (bicyclic) bond motifs is 2. The Labute approximate surface area is 259 Å². The molecule has 5 rings (SSSR count). The zero-order chi connectivity index (χ0) is 30.0. The van der Waals surface area contributed by atoms with Crippen LogP contribution in [0.4, 0.5) is 5.69 Å². The van der Waals surface area contributed by atoms with Crippen LogP contribution in [0.15, 0.2) is 36.4 Å². The van der Waals surface area contributed by atoms with Crippen molar-refractivity contribution in [1.29, 1.82) is 0 Å². The van der Waals surface area contributed by atoms with Crippen LogP contribution >= 0.6 is 11.6 Å². The highest BCUT2D eigenvalue weighted by Crippen LogP contribution is 2.46. The molecule has 8 heteroatoms. The normalized spacial score (nSPS) is 31.1. The van der Waals surface area contributed by atoms with Crippen molar-refractivity contribution in [3.63, 3.8) is 0 Å². The highest BCUT2D eigenvalue weighted by Gasteiger charge is 2.41. The molecule has 230 valence electrons. The van der Waals surface area contributed by atoms with E-state index in [1.54, 1.807) is 6.07 Å². The van der Waals surface area contributed by atoms with Gasteiger partial charge in [-0.05, 0) is 111 Å². The van der Waals surface area contributed by atoms with Crippen LogP contribution < -0.4 is 14.4 Å². The molecular formula is C34H47ClN2O4S. The van der Waals surface area contributed by atoms with Crippen LogP contribution in [0.1, 0.15) is 93.6 Å². The van der Waals surface area contributed by atoms with Gasteiger partial charge < -0.3 is 14.7 Å².